The lowest BCUT2D eigenvalue weighted by molar-refractivity contribution is -0.141. The maximum Gasteiger partial charge on any atom is 0.242 e. The molecule has 148 valence electrons. The van der Waals surface area contributed by atoms with E-state index in [9.17, 15) is 9.59 Å². The minimum Gasteiger partial charge on any atom is -0.383 e. The van der Waals surface area contributed by atoms with Crippen molar-refractivity contribution in [3.8, 4) is 0 Å². The summed E-state index contributed by atoms with van der Waals surface area (Å²) in [7, 11) is 3.58. The van der Waals surface area contributed by atoms with Crippen LogP contribution in [0, 0.1) is 0 Å². The lowest BCUT2D eigenvalue weighted by Gasteiger charge is -2.27. The maximum atomic E-state index is 12.9. The number of thiophene rings is 1. The lowest BCUT2D eigenvalue weighted by atomic mass is 10.2. The van der Waals surface area contributed by atoms with Crippen LogP contribution < -0.4 is 0 Å². The molecular formula is C20H29N3O3S. The molecule has 0 aliphatic rings. The van der Waals surface area contributed by atoms with Gasteiger partial charge in [-0.05, 0) is 30.0 Å². The molecule has 7 heteroatoms. The molecule has 2 aromatic rings. The molecule has 0 aromatic carbocycles. The molecule has 2 aromatic heterocycles. The highest BCUT2D eigenvalue weighted by molar-refractivity contribution is 7.10. The van der Waals surface area contributed by atoms with Crippen molar-refractivity contribution in [1.29, 1.82) is 0 Å². The van der Waals surface area contributed by atoms with E-state index in [4.69, 9.17) is 4.74 Å². The van der Waals surface area contributed by atoms with Crippen molar-refractivity contribution in [3.05, 3.63) is 46.4 Å². The van der Waals surface area contributed by atoms with Gasteiger partial charge in [0.1, 0.15) is 0 Å². The van der Waals surface area contributed by atoms with Crippen LogP contribution in [0.5, 0.6) is 0 Å². The minimum absolute atomic E-state index is 0.00166. The second kappa shape index (κ2) is 10.9. The Bertz CT molecular complexity index is 712. The Kier molecular flexibility index (Phi) is 8.54. The molecule has 0 bridgehead atoms. The van der Waals surface area contributed by atoms with Gasteiger partial charge in [-0.25, -0.2) is 0 Å². The minimum atomic E-state index is -0.0544. The topological polar surface area (TPSA) is 54.8 Å². The molecule has 2 rings (SSSR count). The second-order valence-corrected chi connectivity index (χ2v) is 7.52. The summed E-state index contributed by atoms with van der Waals surface area (Å²) in [6.07, 6.45) is 3.13. The molecule has 0 spiro atoms. The molecule has 0 saturated heterocycles. The van der Waals surface area contributed by atoms with Crippen molar-refractivity contribution in [3.63, 3.8) is 0 Å². The van der Waals surface area contributed by atoms with E-state index in [2.05, 4.69) is 0 Å². The monoisotopic (exact) mass is 391 g/mol. The van der Waals surface area contributed by atoms with Crippen molar-refractivity contribution < 1.29 is 14.3 Å². The fourth-order valence-corrected chi connectivity index (χ4v) is 3.54. The Hall–Kier alpha value is -2.12. The summed E-state index contributed by atoms with van der Waals surface area (Å²) in [5.41, 5.74) is 1.05. The van der Waals surface area contributed by atoms with Crippen LogP contribution in [-0.4, -0.2) is 59.5 Å². The molecule has 0 radical (unpaired) electrons. The van der Waals surface area contributed by atoms with E-state index < -0.39 is 0 Å². The van der Waals surface area contributed by atoms with Crippen molar-refractivity contribution in [2.45, 2.75) is 26.3 Å². The first-order valence-corrected chi connectivity index (χ1v) is 10.1. The summed E-state index contributed by atoms with van der Waals surface area (Å²) in [6.45, 7) is 4.17. The van der Waals surface area contributed by atoms with Crippen LogP contribution in [0.25, 0.3) is 0 Å². The molecule has 0 fully saturated rings. The summed E-state index contributed by atoms with van der Waals surface area (Å²) in [5, 5.41) is 1.96. The van der Waals surface area contributed by atoms with Crippen molar-refractivity contribution in [1.82, 2.24) is 14.4 Å². The fourth-order valence-electron chi connectivity index (χ4n) is 2.85. The summed E-state index contributed by atoms with van der Waals surface area (Å²) in [5.74, 6) is -0.0561. The zero-order chi connectivity index (χ0) is 19.6. The standard InChI is InChI=1S/C20H29N3O3S/c1-4-9-22(19(24)14-18-8-6-13-27-18)16-20(25)23(11-12-26-3)15-17-7-5-10-21(17)2/h5-8,10,13H,4,9,11-12,14-16H2,1-3H3. The number of aryl methyl sites for hydroxylation is 1. The number of carbonyl (C=O) groups excluding carboxylic acids is 2. The molecular weight excluding hydrogens is 362 g/mol. The fraction of sp³-hybridized carbons (Fsp3) is 0.500. The van der Waals surface area contributed by atoms with E-state index in [0.29, 0.717) is 32.7 Å². The molecule has 27 heavy (non-hydrogen) atoms. The third-order valence-corrected chi connectivity index (χ3v) is 5.28. The third kappa shape index (κ3) is 6.52. The smallest absolute Gasteiger partial charge is 0.242 e. The third-order valence-electron chi connectivity index (χ3n) is 4.40. The van der Waals surface area contributed by atoms with E-state index in [1.807, 2.05) is 54.4 Å². The van der Waals surface area contributed by atoms with E-state index in [1.54, 1.807) is 28.2 Å². The molecule has 0 saturated carbocycles. The van der Waals surface area contributed by atoms with Crippen LogP contribution in [0.15, 0.2) is 35.8 Å². The quantitative estimate of drug-likeness (QED) is 0.592. The summed E-state index contributed by atoms with van der Waals surface area (Å²) >= 11 is 1.57. The number of ether oxygens (including phenoxy) is 1. The van der Waals surface area contributed by atoms with Gasteiger partial charge in [0.25, 0.3) is 0 Å². The Labute approximate surface area is 165 Å². The first-order valence-electron chi connectivity index (χ1n) is 9.22. The van der Waals surface area contributed by atoms with Crippen LogP contribution in [0.4, 0.5) is 0 Å². The number of hydrogen-bond donors (Lipinski definition) is 0. The number of nitrogens with zero attached hydrogens (tertiary/aromatic N) is 3. The molecule has 6 nitrogen and oxygen atoms in total. The van der Waals surface area contributed by atoms with Gasteiger partial charge in [-0.15, -0.1) is 11.3 Å². The van der Waals surface area contributed by atoms with Crippen LogP contribution in [0.2, 0.25) is 0 Å². The number of methoxy groups -OCH3 is 1. The van der Waals surface area contributed by atoms with E-state index in [0.717, 1.165) is 17.0 Å². The van der Waals surface area contributed by atoms with Crippen molar-refractivity contribution >= 4 is 23.2 Å². The molecule has 0 aliphatic carbocycles. The Morgan fingerprint density at radius 1 is 1.15 bits per heavy atom. The van der Waals surface area contributed by atoms with Crippen molar-refractivity contribution in [2.24, 2.45) is 7.05 Å². The lowest BCUT2D eigenvalue weighted by Crippen LogP contribution is -2.44. The summed E-state index contributed by atoms with van der Waals surface area (Å²) in [4.78, 5) is 30.1. The Morgan fingerprint density at radius 3 is 2.56 bits per heavy atom. The Morgan fingerprint density at radius 2 is 1.96 bits per heavy atom. The first-order chi connectivity index (χ1) is 13.0. The molecule has 0 atom stereocenters. The molecule has 2 amide bonds. The van der Waals surface area contributed by atoms with Crippen LogP contribution in [0.3, 0.4) is 0 Å². The SMILES string of the molecule is CCCN(CC(=O)N(CCOC)Cc1cccn1C)C(=O)Cc1cccs1. The average Bonchev–Trinajstić information content (AvgIpc) is 3.30. The normalized spacial score (nSPS) is 10.8. The molecule has 0 N–H and O–H groups in total. The van der Waals surface area contributed by atoms with E-state index in [-0.39, 0.29) is 18.4 Å². The molecule has 0 unspecified atom stereocenters. The molecule has 0 aliphatic heterocycles. The van der Waals surface area contributed by atoms with Gasteiger partial charge in [-0.2, -0.15) is 0 Å². The van der Waals surface area contributed by atoms with Crippen LogP contribution in [-0.2, 0) is 34.3 Å². The largest absolute Gasteiger partial charge is 0.383 e. The predicted octanol–water partition coefficient (Wildman–Crippen LogP) is 2.54. The second-order valence-electron chi connectivity index (χ2n) is 6.49. The van der Waals surface area contributed by atoms with Crippen LogP contribution >= 0.6 is 11.3 Å². The van der Waals surface area contributed by atoms with Gasteiger partial charge >= 0.3 is 0 Å². The van der Waals surface area contributed by atoms with Crippen molar-refractivity contribution in [2.75, 3.05) is 33.4 Å². The van der Waals surface area contributed by atoms with Gasteiger partial charge in [0.15, 0.2) is 0 Å². The van der Waals surface area contributed by atoms with E-state index >= 15 is 0 Å². The Balaban J connectivity index is 2.04. The number of hydrogen-bond acceptors (Lipinski definition) is 4. The van der Waals surface area contributed by atoms with Gasteiger partial charge in [0, 0.05) is 44.0 Å². The highest BCUT2D eigenvalue weighted by Crippen LogP contribution is 2.12. The summed E-state index contributed by atoms with van der Waals surface area (Å²) < 4.78 is 7.16. The summed E-state index contributed by atoms with van der Waals surface area (Å²) in [6, 6.07) is 7.85. The first kappa shape index (κ1) is 21.2. The van der Waals surface area contributed by atoms with E-state index in [1.165, 1.54) is 0 Å². The number of rotatable bonds is 11. The average molecular weight is 392 g/mol. The van der Waals surface area contributed by atoms with Gasteiger partial charge < -0.3 is 19.1 Å². The number of amides is 2. The molecule has 2 heterocycles. The van der Waals surface area contributed by atoms with Crippen LogP contribution in [0.1, 0.15) is 23.9 Å². The highest BCUT2D eigenvalue weighted by Gasteiger charge is 2.22. The van der Waals surface area contributed by atoms with Gasteiger partial charge in [0.05, 0.1) is 26.1 Å². The van der Waals surface area contributed by atoms with Gasteiger partial charge in [0.2, 0.25) is 11.8 Å². The van der Waals surface area contributed by atoms with Gasteiger partial charge in [-0.3, -0.25) is 9.59 Å². The zero-order valence-electron chi connectivity index (χ0n) is 16.4. The zero-order valence-corrected chi connectivity index (χ0v) is 17.2. The van der Waals surface area contributed by atoms with Gasteiger partial charge in [-0.1, -0.05) is 13.0 Å². The number of aromatic nitrogens is 1. The number of carbonyl (C=O) groups is 2. The maximum absolute atomic E-state index is 12.9. The highest BCUT2D eigenvalue weighted by atomic mass is 32.1. The predicted molar refractivity (Wildman–Crippen MR) is 108 cm³/mol.